The molecule has 0 aliphatic carbocycles. The highest BCUT2D eigenvalue weighted by atomic mass is 32.1. The van der Waals surface area contributed by atoms with Crippen LogP contribution in [-0.2, 0) is 6.54 Å². The summed E-state index contributed by atoms with van der Waals surface area (Å²) in [7, 11) is 0. The van der Waals surface area contributed by atoms with Crippen molar-refractivity contribution in [2.75, 3.05) is 6.54 Å². The first kappa shape index (κ1) is 22.3. The molecule has 0 unspecified atom stereocenters. The van der Waals surface area contributed by atoms with Crippen LogP contribution in [0.5, 0.6) is 0 Å². The molecule has 0 amide bonds. The maximum Gasteiger partial charge on any atom is 0.169 e. The topological polar surface area (TPSA) is 112 Å². The second kappa shape index (κ2) is 9.10. The van der Waals surface area contributed by atoms with Gasteiger partial charge in [-0.2, -0.15) is 5.10 Å². The van der Waals surface area contributed by atoms with Gasteiger partial charge in [0.2, 0.25) is 0 Å². The number of carbonyl (C=O) groups excluding carboxylic acids is 1. The normalized spacial score (nSPS) is 11.5. The molecule has 3 N–H and O–H groups in total. The summed E-state index contributed by atoms with van der Waals surface area (Å²) in [6.07, 6.45) is 5.52. The average Bonchev–Trinajstić information content (AvgIpc) is 3.64. The van der Waals surface area contributed by atoms with Crippen molar-refractivity contribution in [2.45, 2.75) is 20.4 Å². The van der Waals surface area contributed by atoms with Gasteiger partial charge in [0.1, 0.15) is 16.9 Å². The molecular weight excluding hydrogens is 470 g/mol. The lowest BCUT2D eigenvalue weighted by Crippen LogP contribution is -2.11. The molecule has 178 valence electrons. The fourth-order valence-corrected chi connectivity index (χ4v) is 5.17. The minimum atomic E-state index is 0.0438. The molecule has 5 heterocycles. The Labute approximate surface area is 210 Å². The number of hydrogen-bond acceptors (Lipinski definition) is 7. The maximum atomic E-state index is 11.8. The van der Waals surface area contributed by atoms with Crippen LogP contribution in [0.25, 0.3) is 55.2 Å². The number of benzene rings is 1. The number of aromatic amines is 2. The van der Waals surface area contributed by atoms with E-state index in [9.17, 15) is 4.79 Å². The lowest BCUT2D eigenvalue weighted by atomic mass is 10.0. The number of H-pyrrole nitrogens is 2. The quantitative estimate of drug-likeness (QED) is 0.249. The van der Waals surface area contributed by atoms with Gasteiger partial charge in [-0.15, -0.1) is 11.3 Å². The van der Waals surface area contributed by atoms with Crippen molar-refractivity contribution in [1.29, 1.82) is 0 Å². The number of thiophene rings is 1. The minimum Gasteiger partial charge on any atom is -0.336 e. The van der Waals surface area contributed by atoms with E-state index in [1.807, 2.05) is 36.7 Å². The van der Waals surface area contributed by atoms with E-state index in [2.05, 4.69) is 55.6 Å². The van der Waals surface area contributed by atoms with Crippen LogP contribution in [0.4, 0.5) is 0 Å². The van der Waals surface area contributed by atoms with Gasteiger partial charge in [0, 0.05) is 36.1 Å². The smallest absolute Gasteiger partial charge is 0.169 e. The Morgan fingerprint density at radius 1 is 1.03 bits per heavy atom. The van der Waals surface area contributed by atoms with Crippen LogP contribution in [0, 0.1) is 0 Å². The zero-order valence-electron chi connectivity index (χ0n) is 19.8. The molecule has 6 aromatic rings. The largest absolute Gasteiger partial charge is 0.336 e. The average molecular weight is 494 g/mol. The summed E-state index contributed by atoms with van der Waals surface area (Å²) in [4.78, 5) is 30.7. The van der Waals surface area contributed by atoms with Gasteiger partial charge < -0.3 is 10.3 Å². The lowest BCUT2D eigenvalue weighted by Gasteiger charge is -2.06. The maximum absolute atomic E-state index is 11.8. The number of Topliss-reactive ketones (excluding diaryl/α,β-unsaturated/α-hetero) is 1. The van der Waals surface area contributed by atoms with Gasteiger partial charge in [-0.05, 0) is 61.0 Å². The highest BCUT2D eigenvalue weighted by Gasteiger charge is 2.18. The van der Waals surface area contributed by atoms with Crippen molar-refractivity contribution in [2.24, 2.45) is 0 Å². The molecular formula is C27H23N7OS. The van der Waals surface area contributed by atoms with Gasteiger partial charge in [0.25, 0.3) is 0 Å². The Morgan fingerprint density at radius 2 is 1.94 bits per heavy atom. The summed E-state index contributed by atoms with van der Waals surface area (Å²) in [5.74, 6) is 0.701. The molecule has 6 rings (SSSR count). The van der Waals surface area contributed by atoms with Crippen molar-refractivity contribution >= 4 is 39.1 Å². The van der Waals surface area contributed by atoms with E-state index < -0.39 is 0 Å². The summed E-state index contributed by atoms with van der Waals surface area (Å²) < 4.78 is 0. The lowest BCUT2D eigenvalue weighted by molar-refractivity contribution is 0.102. The molecule has 5 aromatic heterocycles. The molecule has 0 saturated carbocycles. The third kappa shape index (κ3) is 3.98. The number of ketones is 1. The molecule has 8 nitrogen and oxygen atoms in total. The third-order valence-corrected chi connectivity index (χ3v) is 7.27. The molecule has 0 fully saturated rings. The van der Waals surface area contributed by atoms with Gasteiger partial charge in [0.15, 0.2) is 11.6 Å². The first-order valence-corrected chi connectivity index (χ1v) is 12.5. The molecule has 0 spiro atoms. The van der Waals surface area contributed by atoms with E-state index in [4.69, 9.17) is 4.98 Å². The number of rotatable bonds is 7. The standard InChI is InChI=1S/C27H23N7OS/c1-3-28-12-16-10-18(14-29-13-16)17-4-5-20-19(11-17)24(34-33-20)27-31-21-8-9-30-26(25(21)32-27)23-7-6-22(36-23)15(2)35/h4-11,13-14,28H,3,12H2,1-2H3,(H,31,32)(H,33,34). The molecule has 0 bridgehead atoms. The van der Waals surface area contributed by atoms with E-state index in [1.165, 1.54) is 11.3 Å². The zero-order valence-corrected chi connectivity index (χ0v) is 20.6. The predicted octanol–water partition coefficient (Wildman–Crippen LogP) is 5.60. The first-order chi connectivity index (χ1) is 17.6. The summed E-state index contributed by atoms with van der Waals surface area (Å²) in [5.41, 5.74) is 7.27. The van der Waals surface area contributed by atoms with Crippen LogP contribution in [0.15, 0.2) is 61.1 Å². The number of imidazole rings is 1. The summed E-state index contributed by atoms with van der Waals surface area (Å²) >= 11 is 1.43. The molecule has 9 heteroatoms. The number of carbonyl (C=O) groups is 1. The summed E-state index contributed by atoms with van der Waals surface area (Å²) in [5, 5.41) is 12.0. The Kier molecular flexibility index (Phi) is 5.63. The van der Waals surface area contributed by atoms with Crippen LogP contribution in [0.2, 0.25) is 0 Å². The van der Waals surface area contributed by atoms with Crippen LogP contribution < -0.4 is 5.32 Å². The molecule has 0 radical (unpaired) electrons. The van der Waals surface area contributed by atoms with Crippen molar-refractivity contribution < 1.29 is 4.79 Å². The molecule has 36 heavy (non-hydrogen) atoms. The highest BCUT2D eigenvalue weighted by Crippen LogP contribution is 2.34. The van der Waals surface area contributed by atoms with Crippen LogP contribution in [0.1, 0.15) is 29.1 Å². The second-order valence-electron chi connectivity index (χ2n) is 8.56. The van der Waals surface area contributed by atoms with Gasteiger partial charge in [-0.25, -0.2) is 4.98 Å². The van der Waals surface area contributed by atoms with E-state index in [-0.39, 0.29) is 5.78 Å². The SMILES string of the molecule is CCNCc1cncc(-c2ccc3[nH]nc(-c4nc5c(-c6ccc(C(C)=O)s6)nccc5[nH]4)c3c2)c1. The third-order valence-electron chi connectivity index (χ3n) is 6.08. The number of nitrogens with one attached hydrogen (secondary N) is 3. The minimum absolute atomic E-state index is 0.0438. The van der Waals surface area contributed by atoms with Gasteiger partial charge in [-0.3, -0.25) is 19.9 Å². The van der Waals surface area contributed by atoms with Crippen molar-refractivity contribution in [3.05, 3.63) is 71.5 Å². The number of hydrogen-bond donors (Lipinski definition) is 3. The fourth-order valence-electron chi connectivity index (χ4n) is 4.27. The monoisotopic (exact) mass is 493 g/mol. The van der Waals surface area contributed by atoms with Crippen LogP contribution in [0.3, 0.4) is 0 Å². The second-order valence-corrected chi connectivity index (χ2v) is 9.64. The number of fused-ring (bicyclic) bond motifs is 2. The number of aromatic nitrogens is 6. The Morgan fingerprint density at radius 3 is 2.78 bits per heavy atom. The van der Waals surface area contributed by atoms with Crippen LogP contribution >= 0.6 is 11.3 Å². The molecule has 0 atom stereocenters. The van der Waals surface area contributed by atoms with E-state index in [0.29, 0.717) is 10.7 Å². The first-order valence-electron chi connectivity index (χ1n) is 11.7. The van der Waals surface area contributed by atoms with Gasteiger partial charge >= 0.3 is 0 Å². The van der Waals surface area contributed by atoms with E-state index in [0.717, 1.165) is 68.0 Å². The number of pyridine rings is 2. The van der Waals surface area contributed by atoms with E-state index >= 15 is 0 Å². The predicted molar refractivity (Wildman–Crippen MR) is 143 cm³/mol. The number of nitrogens with zero attached hydrogens (tertiary/aromatic N) is 4. The van der Waals surface area contributed by atoms with Gasteiger partial charge in [0.05, 0.1) is 20.8 Å². The molecule has 1 aromatic carbocycles. The molecule has 0 aliphatic rings. The summed E-state index contributed by atoms with van der Waals surface area (Å²) in [6.45, 7) is 5.35. The van der Waals surface area contributed by atoms with Gasteiger partial charge in [-0.1, -0.05) is 13.0 Å². The molecule has 0 saturated heterocycles. The Balaban J connectivity index is 1.42. The molecule has 0 aliphatic heterocycles. The fraction of sp³-hybridized carbons (Fsp3) is 0.148. The van der Waals surface area contributed by atoms with Crippen molar-refractivity contribution in [1.82, 2.24) is 35.5 Å². The highest BCUT2D eigenvalue weighted by molar-refractivity contribution is 7.17. The van der Waals surface area contributed by atoms with Crippen molar-refractivity contribution in [3.63, 3.8) is 0 Å². The van der Waals surface area contributed by atoms with Crippen molar-refractivity contribution in [3.8, 4) is 33.2 Å². The Hall–Kier alpha value is -4.21. The Bertz CT molecular complexity index is 1730. The van der Waals surface area contributed by atoms with Crippen LogP contribution in [-0.4, -0.2) is 42.5 Å². The zero-order chi connectivity index (χ0) is 24.6. The summed E-state index contributed by atoms with van der Waals surface area (Å²) in [6, 6.07) is 14.0. The van der Waals surface area contributed by atoms with E-state index in [1.54, 1.807) is 13.1 Å².